The van der Waals surface area contributed by atoms with Gasteiger partial charge in [0.15, 0.2) is 0 Å². The van der Waals surface area contributed by atoms with E-state index < -0.39 is 28.8 Å². The molecule has 1 N–H and O–H groups in total. The van der Waals surface area contributed by atoms with Crippen LogP contribution in [0.2, 0.25) is 0 Å². The third-order valence-electron chi connectivity index (χ3n) is 8.13. The van der Waals surface area contributed by atoms with Gasteiger partial charge in [0.05, 0.1) is 16.7 Å². The highest BCUT2D eigenvalue weighted by Crippen LogP contribution is 2.26. The molecule has 1 fully saturated rings. The zero-order valence-corrected chi connectivity index (χ0v) is 22.8. The first-order chi connectivity index (χ1) is 19.2. The molecule has 2 heterocycles. The summed E-state index contributed by atoms with van der Waals surface area (Å²) in [6.07, 6.45) is 3.83. The number of hydrogen-bond donors (Lipinski definition) is 1. The second kappa shape index (κ2) is 11.2. The number of nitrogens with one attached hydrogen (secondary N) is 1. The summed E-state index contributed by atoms with van der Waals surface area (Å²) in [5.74, 6) is -2.16. The minimum absolute atomic E-state index is 0.0446. The van der Waals surface area contributed by atoms with E-state index in [-0.39, 0.29) is 37.3 Å². The van der Waals surface area contributed by atoms with Crippen LogP contribution in [0.15, 0.2) is 53.3 Å². The second-order valence-corrected chi connectivity index (χ2v) is 11.1. The second-order valence-electron chi connectivity index (χ2n) is 11.1. The van der Waals surface area contributed by atoms with Crippen molar-refractivity contribution in [3.8, 4) is 0 Å². The summed E-state index contributed by atoms with van der Waals surface area (Å²) in [5.41, 5.74) is 2.78. The number of aromatic amines is 1. The summed E-state index contributed by atoms with van der Waals surface area (Å²) in [7, 11) is 0. The van der Waals surface area contributed by atoms with Crippen molar-refractivity contribution in [2.24, 2.45) is 0 Å². The van der Waals surface area contributed by atoms with Gasteiger partial charge >= 0.3 is 0 Å². The number of benzene rings is 2. The average Bonchev–Trinajstić information content (AvgIpc) is 2.99. The molecule has 0 saturated carbocycles. The Labute approximate surface area is 232 Å². The van der Waals surface area contributed by atoms with Crippen LogP contribution in [-0.4, -0.2) is 63.8 Å². The first-order valence-electron chi connectivity index (χ1n) is 13.7. The van der Waals surface area contributed by atoms with Gasteiger partial charge in [-0.3, -0.25) is 19.2 Å². The molecular formula is C31H33FN4O4. The van der Waals surface area contributed by atoms with Crippen LogP contribution in [0.1, 0.15) is 65.0 Å². The van der Waals surface area contributed by atoms with Crippen molar-refractivity contribution >= 4 is 17.6 Å². The number of rotatable bonds is 6. The van der Waals surface area contributed by atoms with E-state index in [9.17, 15) is 23.6 Å². The van der Waals surface area contributed by atoms with Gasteiger partial charge in [-0.2, -0.15) is 5.10 Å². The Morgan fingerprint density at radius 3 is 2.27 bits per heavy atom. The molecule has 2 aliphatic rings. The number of hydrogen-bond acceptors (Lipinski definition) is 5. The number of amides is 2. The van der Waals surface area contributed by atoms with Crippen LogP contribution in [0.4, 0.5) is 4.39 Å². The average molecular weight is 545 g/mol. The van der Waals surface area contributed by atoms with Gasteiger partial charge in [-0.1, -0.05) is 36.4 Å². The highest BCUT2D eigenvalue weighted by atomic mass is 19.1. The highest BCUT2D eigenvalue weighted by molar-refractivity contribution is 6.39. The maximum atomic E-state index is 14.8. The van der Waals surface area contributed by atoms with Gasteiger partial charge in [-0.25, -0.2) is 9.49 Å². The molecule has 3 aromatic rings. The number of carbonyl (C=O) groups is 3. The number of nitrogens with zero attached hydrogens (tertiary/aromatic N) is 3. The summed E-state index contributed by atoms with van der Waals surface area (Å²) in [4.78, 5) is 54.6. The van der Waals surface area contributed by atoms with Gasteiger partial charge in [0, 0.05) is 38.2 Å². The summed E-state index contributed by atoms with van der Waals surface area (Å²) < 4.78 is 14.8. The first kappa shape index (κ1) is 27.4. The minimum Gasteiger partial charge on any atom is -0.335 e. The van der Waals surface area contributed by atoms with Gasteiger partial charge in [-0.15, -0.1) is 0 Å². The lowest BCUT2D eigenvalue weighted by Crippen LogP contribution is -2.54. The Balaban J connectivity index is 1.26. The molecular weight excluding hydrogens is 511 g/mol. The molecule has 0 spiro atoms. The monoisotopic (exact) mass is 544 g/mol. The Morgan fingerprint density at radius 1 is 0.925 bits per heavy atom. The van der Waals surface area contributed by atoms with Crippen LogP contribution in [0, 0.1) is 5.82 Å². The van der Waals surface area contributed by atoms with E-state index in [1.807, 2.05) is 30.3 Å². The Kier molecular flexibility index (Phi) is 7.65. The van der Waals surface area contributed by atoms with E-state index in [0.29, 0.717) is 6.42 Å². The van der Waals surface area contributed by atoms with Crippen molar-refractivity contribution in [1.82, 2.24) is 20.0 Å². The van der Waals surface area contributed by atoms with Gasteiger partial charge in [0.25, 0.3) is 17.4 Å². The van der Waals surface area contributed by atoms with E-state index in [4.69, 9.17) is 0 Å². The number of carbonyl (C=O) groups excluding carboxylic acids is 3. The molecule has 0 atom stereocenters. The van der Waals surface area contributed by atoms with Crippen LogP contribution in [0.5, 0.6) is 0 Å². The molecule has 40 heavy (non-hydrogen) atoms. The van der Waals surface area contributed by atoms with E-state index in [1.165, 1.54) is 15.9 Å². The van der Waals surface area contributed by atoms with Crippen molar-refractivity contribution in [1.29, 1.82) is 0 Å². The number of fused-ring (bicyclic) bond motifs is 1. The van der Waals surface area contributed by atoms with Crippen molar-refractivity contribution in [3.63, 3.8) is 0 Å². The molecule has 8 nitrogen and oxygen atoms in total. The highest BCUT2D eigenvalue weighted by Gasteiger charge is 2.38. The number of ketones is 1. The minimum atomic E-state index is -0.977. The molecule has 0 bridgehead atoms. The quantitative estimate of drug-likeness (QED) is 0.480. The molecule has 2 aromatic carbocycles. The molecule has 2 amide bonds. The molecule has 1 aromatic heterocycles. The Morgan fingerprint density at radius 2 is 1.57 bits per heavy atom. The van der Waals surface area contributed by atoms with E-state index >= 15 is 0 Å². The zero-order valence-electron chi connectivity index (χ0n) is 22.8. The lowest BCUT2D eigenvalue weighted by Gasteiger charge is -2.36. The molecule has 5 rings (SSSR count). The van der Waals surface area contributed by atoms with Crippen molar-refractivity contribution in [2.75, 3.05) is 26.2 Å². The van der Waals surface area contributed by atoms with Gasteiger partial charge in [0.2, 0.25) is 5.78 Å². The number of H-pyrrole nitrogens is 1. The fraction of sp³-hybridized carbons (Fsp3) is 0.387. The zero-order chi connectivity index (χ0) is 28.4. The predicted octanol–water partition coefficient (Wildman–Crippen LogP) is 3.21. The van der Waals surface area contributed by atoms with Crippen LogP contribution in [0.25, 0.3) is 0 Å². The fourth-order valence-corrected chi connectivity index (χ4v) is 5.59. The van der Waals surface area contributed by atoms with Crippen molar-refractivity contribution in [3.05, 3.63) is 98.2 Å². The maximum absolute atomic E-state index is 14.8. The van der Waals surface area contributed by atoms with E-state index in [1.54, 1.807) is 26.0 Å². The summed E-state index contributed by atoms with van der Waals surface area (Å²) in [5, 5.41) is 6.83. The number of piperazine rings is 1. The Bertz CT molecular complexity index is 1510. The van der Waals surface area contributed by atoms with Crippen LogP contribution >= 0.6 is 0 Å². The summed E-state index contributed by atoms with van der Waals surface area (Å²) >= 11 is 0. The predicted molar refractivity (Wildman–Crippen MR) is 148 cm³/mol. The van der Waals surface area contributed by atoms with Gasteiger partial charge in [-0.05, 0) is 68.4 Å². The SMILES string of the molecule is CC(C)(C(=O)C(=O)N1CCN(C(=O)c2cc(Cc3n[nH]c(=O)c4c3CCCC4)ccc2F)CC1)c1ccccc1. The van der Waals surface area contributed by atoms with E-state index in [2.05, 4.69) is 10.2 Å². The molecule has 1 aliphatic carbocycles. The molecule has 0 unspecified atom stereocenters. The summed E-state index contributed by atoms with van der Waals surface area (Å²) in [6, 6.07) is 13.6. The van der Waals surface area contributed by atoms with Crippen LogP contribution in [0.3, 0.4) is 0 Å². The maximum Gasteiger partial charge on any atom is 0.291 e. The van der Waals surface area contributed by atoms with Gasteiger partial charge in [0.1, 0.15) is 5.82 Å². The normalized spacial score (nSPS) is 15.5. The third kappa shape index (κ3) is 5.33. The van der Waals surface area contributed by atoms with Crippen molar-refractivity contribution in [2.45, 2.75) is 51.4 Å². The van der Waals surface area contributed by atoms with Gasteiger partial charge < -0.3 is 9.80 Å². The summed E-state index contributed by atoms with van der Waals surface area (Å²) in [6.45, 7) is 4.24. The molecule has 1 saturated heterocycles. The van der Waals surface area contributed by atoms with Crippen LogP contribution < -0.4 is 5.56 Å². The fourth-order valence-electron chi connectivity index (χ4n) is 5.59. The molecule has 9 heteroatoms. The van der Waals surface area contributed by atoms with Crippen LogP contribution in [-0.2, 0) is 34.3 Å². The molecule has 0 radical (unpaired) electrons. The van der Waals surface area contributed by atoms with E-state index in [0.717, 1.165) is 53.6 Å². The lowest BCUT2D eigenvalue weighted by atomic mass is 9.80. The Hall–Kier alpha value is -4.14. The van der Waals surface area contributed by atoms with Crippen molar-refractivity contribution < 1.29 is 18.8 Å². The smallest absolute Gasteiger partial charge is 0.291 e. The number of halogens is 1. The molecule has 208 valence electrons. The first-order valence-corrected chi connectivity index (χ1v) is 13.7. The number of aromatic nitrogens is 2. The number of Topliss-reactive ketones (excluding diaryl/α,β-unsaturated/α-hetero) is 1. The third-order valence-corrected chi connectivity index (χ3v) is 8.13. The largest absolute Gasteiger partial charge is 0.335 e. The standard InChI is InChI=1S/C31H33FN4O4/c1-31(2,21-8-4-3-5-9-21)27(37)30(40)36-16-14-35(15-17-36)29(39)24-18-20(12-13-25(24)32)19-26-22-10-6-7-11-23(22)28(38)34-33-26/h3-5,8-9,12-13,18H,6-7,10-11,14-17,19H2,1-2H3,(H,34,38). The molecule has 1 aliphatic heterocycles. The topological polar surface area (TPSA) is 103 Å². The lowest BCUT2D eigenvalue weighted by molar-refractivity contribution is -0.148.